The van der Waals surface area contributed by atoms with Crippen LogP contribution in [0.25, 0.3) is 0 Å². The molecule has 3 rings (SSSR count). The predicted molar refractivity (Wildman–Crippen MR) is 211 cm³/mol. The van der Waals surface area contributed by atoms with Gasteiger partial charge < -0.3 is 0 Å². The second kappa shape index (κ2) is 30.9. The minimum absolute atomic E-state index is 0.537. The highest BCUT2D eigenvalue weighted by Crippen LogP contribution is 2.41. The summed E-state index contributed by atoms with van der Waals surface area (Å²) in [6, 6.07) is 0. The average Bonchev–Trinajstić information content (AvgIpc) is 3.26. The van der Waals surface area contributed by atoms with Crippen LogP contribution in [0, 0.1) is 0 Å². The van der Waals surface area contributed by atoms with Gasteiger partial charge in [-0.05, 0) is 126 Å². The number of hydrogen-bond acceptors (Lipinski definition) is 0. The first kappa shape index (κ1) is 41.6. The molecule has 0 bridgehead atoms. The Balaban J connectivity index is 2.38. The molecule has 0 unspecified atom stereocenters. The molecule has 0 saturated heterocycles. The average molecular weight is 721 g/mol. The lowest BCUT2D eigenvalue weighted by molar-refractivity contribution is 1.26. The zero-order chi connectivity index (χ0) is 41.9. The Hall–Kier alpha value is -12.8. The zero-order valence-corrected chi connectivity index (χ0v) is 30.0. The summed E-state index contributed by atoms with van der Waals surface area (Å²) in [5.41, 5.74) is 147. The summed E-state index contributed by atoms with van der Waals surface area (Å²) in [6.45, 7) is 0. The molecule has 0 aromatic carbocycles. The Bertz CT molecular complexity index is 4210. The molecular formula is C60. The first-order valence-electron chi connectivity index (χ1n) is 15.5. The first-order valence-corrected chi connectivity index (χ1v) is 15.5. The normalized spacial score (nSPS) is 9.87. The second-order valence-electron chi connectivity index (χ2n) is 8.50. The van der Waals surface area contributed by atoms with Crippen molar-refractivity contribution in [3.05, 3.63) is 343 Å². The molecule has 1 fully saturated rings. The van der Waals surface area contributed by atoms with E-state index in [1.807, 2.05) is 0 Å². The Morgan fingerprint density at radius 1 is 0.0833 bits per heavy atom. The predicted octanol–water partition coefficient (Wildman–Crippen LogP) is 9.31. The van der Waals surface area contributed by atoms with Gasteiger partial charge in [-0.3, -0.25) is 0 Å². The molecular weight excluding hydrogens is 721 g/mol. The Kier molecular flexibility index (Phi) is 21.4. The van der Waals surface area contributed by atoms with Crippen molar-refractivity contribution in [3.63, 3.8) is 0 Å². The molecule has 3 aliphatic carbocycles. The molecule has 0 heteroatoms. The van der Waals surface area contributed by atoms with Crippen LogP contribution in [0.5, 0.6) is 0 Å². The van der Waals surface area contributed by atoms with E-state index in [1.54, 1.807) is 0 Å². The molecule has 0 heterocycles. The van der Waals surface area contributed by atoms with Crippen LogP contribution in [0.3, 0.4) is 0 Å². The van der Waals surface area contributed by atoms with Crippen LogP contribution in [-0.4, -0.2) is 0 Å². The van der Waals surface area contributed by atoms with Crippen LogP contribution >= 0.6 is 0 Å². The quantitative estimate of drug-likeness (QED) is 0.219. The van der Waals surface area contributed by atoms with E-state index in [0.29, 0.717) is 22.3 Å². The van der Waals surface area contributed by atoms with Gasteiger partial charge in [-0.1, -0.05) is 22.9 Å². The lowest BCUT2D eigenvalue weighted by atomic mass is 9.76. The van der Waals surface area contributed by atoms with Gasteiger partial charge in [0.1, 0.15) is 0 Å². The highest BCUT2D eigenvalue weighted by atomic mass is 14.3. The second-order valence-corrected chi connectivity index (χ2v) is 8.50. The van der Waals surface area contributed by atoms with Crippen LogP contribution in [0.2, 0.25) is 0 Å². The van der Waals surface area contributed by atoms with Crippen molar-refractivity contribution in [2.24, 2.45) is 0 Å². The van der Waals surface area contributed by atoms with Crippen LogP contribution in [-0.2, 0) is 0 Å². The van der Waals surface area contributed by atoms with E-state index in [-0.39, 0.29) is 0 Å². The number of rotatable bonds is 0. The van der Waals surface area contributed by atoms with Gasteiger partial charge in [-0.2, -0.15) is 0 Å². The fraction of sp³-hybridized carbons (Fsp3) is 0. The maximum absolute atomic E-state index is 2.95. The smallest absolute Gasteiger partial charge is 0.0501 e. The zero-order valence-electron chi connectivity index (χ0n) is 30.0. The lowest BCUT2D eigenvalue weighted by Crippen LogP contribution is -2.09. The minimum Gasteiger partial charge on any atom is -0.0501 e. The van der Waals surface area contributed by atoms with Gasteiger partial charge in [0.05, 0.1) is 22.3 Å². The van der Waals surface area contributed by atoms with E-state index < -0.39 is 0 Å². The molecule has 60 heavy (non-hydrogen) atoms. The van der Waals surface area contributed by atoms with Crippen LogP contribution < -0.4 is 0 Å². The van der Waals surface area contributed by atoms with Gasteiger partial charge in [0.15, 0.2) is 0 Å². The van der Waals surface area contributed by atoms with Crippen molar-refractivity contribution >= 4 is 0 Å². The van der Waals surface area contributed by atoms with Crippen LogP contribution in [0.1, 0.15) is 0 Å². The standard InChI is InChI=1S/C60/c1-2-4-6-8-10-12-14-16-18-20-22-24-26-28-30-32-34-36-38-40-42-46-50-54-58-57(59-55-51-47-43-44-48-52-56-60(58)59)53-49-45-41-39-37-35-33-31-29-27-25-23-21-19-17-15-13-11-9-7-5-3-1. The molecule has 240 valence electrons. The van der Waals surface area contributed by atoms with E-state index in [1.165, 1.54) is 0 Å². The van der Waals surface area contributed by atoms with E-state index in [2.05, 4.69) is 321 Å². The molecule has 0 aliphatic heterocycles. The van der Waals surface area contributed by atoms with Gasteiger partial charge in [0.25, 0.3) is 0 Å². The van der Waals surface area contributed by atoms with Gasteiger partial charge in [0, 0.05) is 172 Å². The summed E-state index contributed by atoms with van der Waals surface area (Å²) in [7, 11) is 0. The lowest BCUT2D eigenvalue weighted by Gasteiger charge is -2.20. The molecule has 0 atom stereocenters. The molecule has 0 aromatic heterocycles. The van der Waals surface area contributed by atoms with Crippen molar-refractivity contribution in [2.45, 2.75) is 0 Å². The summed E-state index contributed by atoms with van der Waals surface area (Å²) in [5, 5.41) is 0. The van der Waals surface area contributed by atoms with E-state index in [4.69, 9.17) is 0 Å². The van der Waals surface area contributed by atoms with Gasteiger partial charge >= 0.3 is 0 Å². The number of fused-ring (bicyclic) bond motifs is 4. The van der Waals surface area contributed by atoms with Crippen LogP contribution in [0.4, 0.5) is 0 Å². The Morgan fingerprint density at radius 3 is 0.233 bits per heavy atom. The summed E-state index contributed by atoms with van der Waals surface area (Å²) >= 11 is 0. The van der Waals surface area contributed by atoms with Crippen molar-refractivity contribution in [1.82, 2.24) is 0 Å². The summed E-state index contributed by atoms with van der Waals surface area (Å²) in [4.78, 5) is 0. The molecule has 1 saturated carbocycles. The fourth-order valence-electron chi connectivity index (χ4n) is 2.81. The SMILES string of the molecule is C1=C=C=C=C=C=C=C=C=C=C=C=C=C=C=C=C=C=C=C=C=C=C=C=C=C2C(=C=C=C=C=C=C=C=C=C=C=C=C=C=C=C=C=C=C=C=C=C=C=C=1)C1=C=C=C=C=C=C=C=C=C21. The molecule has 0 nitrogen and oxygen atoms in total. The first-order chi connectivity index (χ1) is 30.0. The van der Waals surface area contributed by atoms with Gasteiger partial charge in [0.2, 0.25) is 0 Å². The highest BCUT2D eigenvalue weighted by Gasteiger charge is 2.30. The maximum atomic E-state index is 2.95. The van der Waals surface area contributed by atoms with E-state index in [9.17, 15) is 0 Å². The maximum Gasteiger partial charge on any atom is 0.0595 e. The molecule has 0 radical (unpaired) electrons. The summed E-state index contributed by atoms with van der Waals surface area (Å²) in [5.74, 6) is 0. The molecule has 0 N–H and O–H groups in total. The molecule has 3 aliphatic rings. The topological polar surface area (TPSA) is 0 Å². The van der Waals surface area contributed by atoms with Crippen molar-refractivity contribution in [1.29, 1.82) is 0 Å². The largest absolute Gasteiger partial charge is 0.0595 e. The Labute approximate surface area is 341 Å². The third-order valence-corrected chi connectivity index (χ3v) is 4.88. The fourth-order valence-corrected chi connectivity index (χ4v) is 2.81. The third kappa shape index (κ3) is 20.7. The van der Waals surface area contributed by atoms with E-state index >= 15 is 0 Å². The highest BCUT2D eigenvalue weighted by molar-refractivity contribution is 5.77. The summed E-state index contributed by atoms with van der Waals surface area (Å²) in [6.07, 6.45) is 0. The van der Waals surface area contributed by atoms with Crippen molar-refractivity contribution in [3.8, 4) is 0 Å². The van der Waals surface area contributed by atoms with Crippen molar-refractivity contribution in [2.75, 3.05) is 0 Å². The summed E-state index contributed by atoms with van der Waals surface area (Å²) < 4.78 is 0. The molecule has 0 amide bonds. The van der Waals surface area contributed by atoms with Crippen LogP contribution in [0.15, 0.2) is 343 Å². The molecule has 0 aromatic rings. The number of hydrogen-bond donors (Lipinski definition) is 0. The van der Waals surface area contributed by atoms with E-state index in [0.717, 1.165) is 0 Å². The van der Waals surface area contributed by atoms with Crippen molar-refractivity contribution < 1.29 is 0 Å². The van der Waals surface area contributed by atoms with Gasteiger partial charge in [-0.15, -0.1) is 0 Å². The number of allylic oxidation sites excluding steroid dienone is 4. The minimum atomic E-state index is 0.537. The third-order valence-electron chi connectivity index (χ3n) is 4.88. The van der Waals surface area contributed by atoms with Gasteiger partial charge in [-0.25, -0.2) is 0 Å². The monoisotopic (exact) mass is 720 g/mol. The Morgan fingerprint density at radius 2 is 0.150 bits per heavy atom. The molecule has 0 spiro atoms.